The maximum absolute atomic E-state index is 5.07. The summed E-state index contributed by atoms with van der Waals surface area (Å²) in [5.74, 6) is 3.31. The molecule has 6 nitrogen and oxygen atoms in total. The molecular formula is C48H34N6. The normalized spacial score (nSPS) is 13.7. The summed E-state index contributed by atoms with van der Waals surface area (Å²) in [5.41, 5.74) is 10.1. The van der Waals surface area contributed by atoms with Crippen molar-refractivity contribution in [1.82, 2.24) is 20.3 Å². The first kappa shape index (κ1) is 32.6. The molecule has 256 valence electrons. The predicted molar refractivity (Wildman–Crippen MR) is 219 cm³/mol. The van der Waals surface area contributed by atoms with Crippen molar-refractivity contribution < 1.29 is 0 Å². The van der Waals surface area contributed by atoms with Crippen LogP contribution in [0, 0.1) is 0 Å². The molecular weight excluding hydrogens is 661 g/mol. The van der Waals surface area contributed by atoms with Crippen molar-refractivity contribution in [2.45, 2.75) is 6.17 Å². The fourth-order valence-corrected chi connectivity index (χ4v) is 6.62. The molecule has 0 saturated carbocycles. The van der Waals surface area contributed by atoms with Gasteiger partial charge in [-0.2, -0.15) is 0 Å². The minimum Gasteiger partial charge on any atom is -0.344 e. The molecule has 6 heteroatoms. The van der Waals surface area contributed by atoms with E-state index in [1.807, 2.05) is 84.9 Å². The third-order valence-electron chi connectivity index (χ3n) is 9.38. The molecule has 7 aromatic carbocycles. The van der Waals surface area contributed by atoms with Gasteiger partial charge >= 0.3 is 0 Å². The van der Waals surface area contributed by atoms with Crippen LogP contribution >= 0.6 is 0 Å². The van der Waals surface area contributed by atoms with Crippen molar-refractivity contribution in [2.24, 2.45) is 9.98 Å². The highest BCUT2D eigenvalue weighted by Crippen LogP contribution is 2.31. The third-order valence-corrected chi connectivity index (χ3v) is 9.38. The van der Waals surface area contributed by atoms with Gasteiger partial charge in [0.2, 0.25) is 0 Å². The smallest absolute Gasteiger partial charge is 0.164 e. The number of nitrogens with one attached hydrogen (secondary N) is 1. The van der Waals surface area contributed by atoms with Crippen LogP contribution in [0.5, 0.6) is 0 Å². The van der Waals surface area contributed by atoms with E-state index in [1.54, 1.807) is 0 Å². The summed E-state index contributed by atoms with van der Waals surface area (Å²) in [6, 6.07) is 66.0. The lowest BCUT2D eigenvalue weighted by molar-refractivity contribution is 0.674. The van der Waals surface area contributed by atoms with E-state index in [0.717, 1.165) is 61.5 Å². The number of hydrogen-bond donors (Lipinski definition) is 1. The molecule has 0 spiro atoms. The van der Waals surface area contributed by atoms with Gasteiger partial charge in [0, 0.05) is 27.8 Å². The van der Waals surface area contributed by atoms with Crippen LogP contribution in [0.1, 0.15) is 22.9 Å². The van der Waals surface area contributed by atoms with Gasteiger partial charge in [0.15, 0.2) is 23.3 Å². The van der Waals surface area contributed by atoms with Crippen LogP contribution in [-0.2, 0) is 0 Å². The van der Waals surface area contributed by atoms with Crippen LogP contribution in [0.2, 0.25) is 0 Å². The molecule has 0 aliphatic carbocycles. The van der Waals surface area contributed by atoms with Crippen LogP contribution in [0.25, 0.3) is 56.4 Å². The number of aliphatic imine (C=N–C) groups is 2. The van der Waals surface area contributed by atoms with Crippen LogP contribution in [0.15, 0.2) is 204 Å². The molecule has 0 bridgehead atoms. The number of rotatable bonds is 8. The summed E-state index contributed by atoms with van der Waals surface area (Å²) in [6.45, 7) is 0. The first-order chi connectivity index (χ1) is 26.7. The van der Waals surface area contributed by atoms with E-state index in [4.69, 9.17) is 24.9 Å². The molecule has 0 saturated heterocycles. The Balaban J connectivity index is 1.09. The lowest BCUT2D eigenvalue weighted by atomic mass is 10.00. The van der Waals surface area contributed by atoms with Crippen molar-refractivity contribution >= 4 is 11.7 Å². The zero-order valence-electron chi connectivity index (χ0n) is 29.3. The second-order valence-electron chi connectivity index (χ2n) is 13.0. The number of benzene rings is 7. The van der Waals surface area contributed by atoms with E-state index in [1.165, 1.54) is 0 Å². The highest BCUT2D eigenvalue weighted by Gasteiger charge is 2.21. The Morgan fingerprint density at radius 2 is 0.722 bits per heavy atom. The van der Waals surface area contributed by atoms with E-state index in [-0.39, 0.29) is 6.17 Å². The number of aromatic nitrogens is 3. The molecule has 1 aliphatic rings. The average Bonchev–Trinajstić information content (AvgIpc) is 3.27. The van der Waals surface area contributed by atoms with Crippen molar-refractivity contribution in [3.8, 4) is 56.4 Å². The summed E-state index contributed by atoms with van der Waals surface area (Å²) in [6.07, 6.45) is -0.272. The monoisotopic (exact) mass is 694 g/mol. The molecule has 8 aromatic rings. The number of amidine groups is 2. The zero-order valence-corrected chi connectivity index (χ0v) is 29.3. The second kappa shape index (κ2) is 14.7. The SMILES string of the molecule is c1ccc(C2=NC(c3ccccc3)NC(c3cccc(-c4cccc(-c5nc(-c6ccccc6)nc(-c6cccc(-c7ccccc7)c6)n5)c4)c3)=N2)cc1. The molecule has 2 heterocycles. The van der Waals surface area contributed by atoms with Crippen molar-refractivity contribution in [1.29, 1.82) is 0 Å². The Morgan fingerprint density at radius 3 is 1.28 bits per heavy atom. The Kier molecular flexibility index (Phi) is 8.89. The van der Waals surface area contributed by atoms with Gasteiger partial charge < -0.3 is 5.32 Å². The lowest BCUT2D eigenvalue weighted by Gasteiger charge is -2.24. The van der Waals surface area contributed by atoms with Gasteiger partial charge in [-0.3, -0.25) is 0 Å². The van der Waals surface area contributed by atoms with E-state index in [0.29, 0.717) is 23.3 Å². The molecule has 54 heavy (non-hydrogen) atoms. The zero-order chi connectivity index (χ0) is 36.1. The van der Waals surface area contributed by atoms with Crippen molar-refractivity contribution in [3.05, 3.63) is 211 Å². The highest BCUT2D eigenvalue weighted by molar-refractivity contribution is 6.13. The average molecular weight is 695 g/mol. The van der Waals surface area contributed by atoms with Gasteiger partial charge in [0.1, 0.15) is 12.0 Å². The first-order valence-corrected chi connectivity index (χ1v) is 18.0. The van der Waals surface area contributed by atoms with Gasteiger partial charge in [-0.15, -0.1) is 0 Å². The van der Waals surface area contributed by atoms with E-state index in [2.05, 4.69) is 115 Å². The van der Waals surface area contributed by atoms with Crippen LogP contribution in [0.3, 0.4) is 0 Å². The van der Waals surface area contributed by atoms with Crippen molar-refractivity contribution in [2.75, 3.05) is 0 Å². The maximum Gasteiger partial charge on any atom is 0.164 e. The Morgan fingerprint density at radius 1 is 0.333 bits per heavy atom. The summed E-state index contributed by atoms with van der Waals surface area (Å²) in [5, 5.41) is 3.60. The fraction of sp³-hybridized carbons (Fsp3) is 0.0208. The molecule has 1 N–H and O–H groups in total. The van der Waals surface area contributed by atoms with Crippen LogP contribution in [0.4, 0.5) is 0 Å². The van der Waals surface area contributed by atoms with E-state index in [9.17, 15) is 0 Å². The molecule has 0 amide bonds. The highest BCUT2D eigenvalue weighted by atomic mass is 15.2. The van der Waals surface area contributed by atoms with E-state index < -0.39 is 0 Å². The first-order valence-electron chi connectivity index (χ1n) is 18.0. The molecule has 1 unspecified atom stereocenters. The summed E-state index contributed by atoms with van der Waals surface area (Å²) >= 11 is 0. The topological polar surface area (TPSA) is 75.4 Å². The Labute approximate surface area is 314 Å². The van der Waals surface area contributed by atoms with E-state index >= 15 is 0 Å². The second-order valence-corrected chi connectivity index (χ2v) is 13.0. The lowest BCUT2D eigenvalue weighted by Crippen LogP contribution is -2.33. The Bertz CT molecular complexity index is 2620. The summed E-state index contributed by atoms with van der Waals surface area (Å²) in [4.78, 5) is 25.1. The standard InChI is InChI=1S/C48H34N6/c1-5-16-33(17-6-1)37-24-13-27-40(30-37)47-52-45(36-22-11-4-12-23-36)53-48(54-47)42-29-15-26-39(32-42)38-25-14-28-41(31-38)46-50-43(34-18-7-2-8-19-34)49-44(51-46)35-20-9-3-10-21-35/h1-32,43H,(H,49,50,51). The Hall–Kier alpha value is -7.31. The van der Waals surface area contributed by atoms with Gasteiger partial charge in [-0.1, -0.05) is 176 Å². The maximum atomic E-state index is 5.07. The number of hydrogen-bond acceptors (Lipinski definition) is 6. The molecule has 0 radical (unpaired) electrons. The van der Waals surface area contributed by atoms with Crippen LogP contribution in [-0.4, -0.2) is 26.6 Å². The largest absolute Gasteiger partial charge is 0.344 e. The molecule has 9 rings (SSSR count). The van der Waals surface area contributed by atoms with Gasteiger partial charge in [-0.25, -0.2) is 24.9 Å². The fourth-order valence-electron chi connectivity index (χ4n) is 6.62. The molecule has 1 atom stereocenters. The molecule has 1 aromatic heterocycles. The summed E-state index contributed by atoms with van der Waals surface area (Å²) in [7, 11) is 0. The van der Waals surface area contributed by atoms with Crippen LogP contribution < -0.4 is 5.32 Å². The minimum absolute atomic E-state index is 0.272. The third kappa shape index (κ3) is 6.96. The van der Waals surface area contributed by atoms with Crippen molar-refractivity contribution in [3.63, 3.8) is 0 Å². The minimum atomic E-state index is -0.272. The molecule has 0 fully saturated rings. The number of nitrogens with zero attached hydrogens (tertiary/aromatic N) is 5. The summed E-state index contributed by atoms with van der Waals surface area (Å²) < 4.78 is 0. The quantitative estimate of drug-likeness (QED) is 0.172. The predicted octanol–water partition coefficient (Wildman–Crippen LogP) is 10.7. The van der Waals surface area contributed by atoms with Gasteiger partial charge in [0.25, 0.3) is 0 Å². The molecule has 1 aliphatic heterocycles. The van der Waals surface area contributed by atoms with Gasteiger partial charge in [0.05, 0.1) is 0 Å². The van der Waals surface area contributed by atoms with Gasteiger partial charge in [-0.05, 0) is 46.0 Å².